The SMILES string of the molecule is CCCOc1ccccc1NS(=O)(=O)c1ccc2c(c1)N(C(C)=O)CC(C)(C)O2. The van der Waals surface area contributed by atoms with Gasteiger partial charge in [0.15, 0.2) is 0 Å². The summed E-state index contributed by atoms with van der Waals surface area (Å²) in [4.78, 5) is 13.7. The van der Waals surface area contributed by atoms with Gasteiger partial charge in [0.2, 0.25) is 5.91 Å². The van der Waals surface area contributed by atoms with E-state index in [1.807, 2.05) is 20.8 Å². The zero-order chi connectivity index (χ0) is 21.2. The number of benzene rings is 2. The van der Waals surface area contributed by atoms with Crippen LogP contribution in [-0.2, 0) is 14.8 Å². The van der Waals surface area contributed by atoms with Gasteiger partial charge in [0.25, 0.3) is 10.0 Å². The Hall–Kier alpha value is -2.74. The summed E-state index contributed by atoms with van der Waals surface area (Å²) in [5.74, 6) is 0.761. The Morgan fingerprint density at radius 2 is 1.97 bits per heavy atom. The number of sulfonamides is 1. The van der Waals surface area contributed by atoms with Crippen LogP contribution in [0.15, 0.2) is 47.4 Å². The average Bonchev–Trinajstić information content (AvgIpc) is 2.65. The first-order valence-corrected chi connectivity index (χ1v) is 11.0. The monoisotopic (exact) mass is 418 g/mol. The van der Waals surface area contributed by atoms with Gasteiger partial charge in [-0.1, -0.05) is 19.1 Å². The number of anilines is 2. The summed E-state index contributed by atoms with van der Waals surface area (Å²) in [6, 6.07) is 11.4. The van der Waals surface area contributed by atoms with Crippen LogP contribution in [0.4, 0.5) is 11.4 Å². The predicted octanol–water partition coefficient (Wildman–Crippen LogP) is 3.80. The van der Waals surface area contributed by atoms with Crippen LogP contribution in [0, 0.1) is 0 Å². The molecule has 2 aromatic carbocycles. The van der Waals surface area contributed by atoms with Crippen LogP contribution in [-0.4, -0.2) is 33.1 Å². The third kappa shape index (κ3) is 4.64. The molecule has 0 radical (unpaired) electrons. The molecule has 1 aliphatic rings. The number of ether oxygens (including phenoxy) is 2. The molecule has 1 N–H and O–H groups in total. The molecular formula is C21H26N2O5S. The highest BCUT2D eigenvalue weighted by atomic mass is 32.2. The van der Waals surface area contributed by atoms with Gasteiger partial charge in [-0.3, -0.25) is 9.52 Å². The highest BCUT2D eigenvalue weighted by molar-refractivity contribution is 7.92. The maximum absolute atomic E-state index is 13.0. The molecule has 0 aliphatic carbocycles. The first-order valence-electron chi connectivity index (χ1n) is 9.49. The molecule has 8 heteroatoms. The van der Waals surface area contributed by atoms with E-state index in [0.29, 0.717) is 36.0 Å². The van der Waals surface area contributed by atoms with Gasteiger partial charge in [0.05, 0.1) is 29.4 Å². The number of para-hydroxylation sites is 2. The van der Waals surface area contributed by atoms with Gasteiger partial charge in [-0.05, 0) is 50.6 Å². The van der Waals surface area contributed by atoms with Gasteiger partial charge in [0, 0.05) is 6.92 Å². The molecule has 0 spiro atoms. The van der Waals surface area contributed by atoms with Crippen LogP contribution < -0.4 is 19.1 Å². The molecule has 1 heterocycles. The third-order valence-electron chi connectivity index (χ3n) is 4.43. The second-order valence-electron chi connectivity index (χ2n) is 7.55. The van der Waals surface area contributed by atoms with E-state index < -0.39 is 15.6 Å². The van der Waals surface area contributed by atoms with Crippen molar-refractivity contribution in [1.29, 1.82) is 0 Å². The summed E-state index contributed by atoms with van der Waals surface area (Å²) in [6.45, 7) is 8.00. The molecule has 0 atom stereocenters. The topological polar surface area (TPSA) is 84.9 Å². The lowest BCUT2D eigenvalue weighted by Crippen LogP contribution is -2.48. The van der Waals surface area contributed by atoms with Gasteiger partial charge in [0.1, 0.15) is 17.1 Å². The van der Waals surface area contributed by atoms with Crippen molar-refractivity contribution in [2.24, 2.45) is 0 Å². The van der Waals surface area contributed by atoms with E-state index in [1.54, 1.807) is 30.3 Å². The zero-order valence-electron chi connectivity index (χ0n) is 17.1. The smallest absolute Gasteiger partial charge is 0.262 e. The quantitative estimate of drug-likeness (QED) is 0.771. The molecule has 0 saturated carbocycles. The second-order valence-corrected chi connectivity index (χ2v) is 9.23. The number of carbonyl (C=O) groups excluding carboxylic acids is 1. The van der Waals surface area contributed by atoms with Crippen LogP contribution in [0.1, 0.15) is 34.1 Å². The van der Waals surface area contributed by atoms with E-state index >= 15 is 0 Å². The van der Waals surface area contributed by atoms with E-state index in [4.69, 9.17) is 9.47 Å². The standard InChI is InChI=1S/C21H26N2O5S/c1-5-12-27-19-9-7-6-8-17(19)22-29(25,26)16-10-11-20-18(13-16)23(15(2)24)14-21(3,4)28-20/h6-11,13,22H,5,12,14H2,1-4H3. The Bertz CT molecular complexity index is 1020. The third-order valence-corrected chi connectivity index (χ3v) is 5.79. The van der Waals surface area contributed by atoms with Crippen molar-refractivity contribution in [2.45, 2.75) is 44.6 Å². The van der Waals surface area contributed by atoms with Crippen LogP contribution in [0.25, 0.3) is 0 Å². The molecule has 0 aromatic heterocycles. The summed E-state index contributed by atoms with van der Waals surface area (Å²) in [5.41, 5.74) is 0.238. The Morgan fingerprint density at radius 3 is 2.66 bits per heavy atom. The number of nitrogens with one attached hydrogen (secondary N) is 1. The van der Waals surface area contributed by atoms with Gasteiger partial charge >= 0.3 is 0 Å². The number of fused-ring (bicyclic) bond motifs is 1. The van der Waals surface area contributed by atoms with E-state index in [0.717, 1.165) is 6.42 Å². The van der Waals surface area contributed by atoms with E-state index in [9.17, 15) is 13.2 Å². The highest BCUT2D eigenvalue weighted by Gasteiger charge is 2.34. The molecule has 0 bridgehead atoms. The number of carbonyl (C=O) groups is 1. The summed E-state index contributed by atoms with van der Waals surface area (Å²) >= 11 is 0. The maximum Gasteiger partial charge on any atom is 0.262 e. The van der Waals surface area contributed by atoms with Gasteiger partial charge in [-0.25, -0.2) is 8.42 Å². The Morgan fingerprint density at radius 1 is 1.24 bits per heavy atom. The second kappa shape index (κ2) is 7.94. The number of rotatable bonds is 6. The number of hydrogen-bond acceptors (Lipinski definition) is 5. The first kappa shape index (κ1) is 21.0. The lowest BCUT2D eigenvalue weighted by molar-refractivity contribution is -0.117. The fraction of sp³-hybridized carbons (Fsp3) is 0.381. The molecule has 2 aromatic rings. The van der Waals surface area contributed by atoms with Crippen LogP contribution in [0.3, 0.4) is 0 Å². The summed E-state index contributed by atoms with van der Waals surface area (Å²) in [7, 11) is -3.90. The summed E-state index contributed by atoms with van der Waals surface area (Å²) in [6.07, 6.45) is 0.809. The fourth-order valence-electron chi connectivity index (χ4n) is 3.13. The minimum atomic E-state index is -3.90. The van der Waals surface area contributed by atoms with Crippen molar-refractivity contribution in [3.05, 3.63) is 42.5 Å². The van der Waals surface area contributed by atoms with Crippen molar-refractivity contribution in [1.82, 2.24) is 0 Å². The van der Waals surface area contributed by atoms with Crippen LogP contribution in [0.2, 0.25) is 0 Å². The number of nitrogens with zero attached hydrogens (tertiary/aromatic N) is 1. The Kier molecular flexibility index (Phi) is 5.75. The van der Waals surface area contributed by atoms with Crippen LogP contribution >= 0.6 is 0 Å². The Labute approximate surface area is 171 Å². The fourth-order valence-corrected chi connectivity index (χ4v) is 4.22. The van der Waals surface area contributed by atoms with Crippen molar-refractivity contribution in [3.63, 3.8) is 0 Å². The maximum atomic E-state index is 13.0. The van der Waals surface area contributed by atoms with Crippen molar-refractivity contribution in [2.75, 3.05) is 22.8 Å². The normalized spacial score (nSPS) is 15.2. The average molecular weight is 419 g/mol. The van der Waals surface area contributed by atoms with Crippen LogP contribution in [0.5, 0.6) is 11.5 Å². The van der Waals surface area contributed by atoms with Crippen molar-refractivity contribution in [3.8, 4) is 11.5 Å². The van der Waals surface area contributed by atoms with Gasteiger partial charge in [-0.15, -0.1) is 0 Å². The highest BCUT2D eigenvalue weighted by Crippen LogP contribution is 2.39. The first-order chi connectivity index (χ1) is 13.6. The minimum Gasteiger partial charge on any atom is -0.491 e. The largest absolute Gasteiger partial charge is 0.491 e. The molecule has 29 heavy (non-hydrogen) atoms. The summed E-state index contributed by atoms with van der Waals surface area (Å²) < 4.78 is 40.1. The lowest BCUT2D eigenvalue weighted by atomic mass is 10.1. The molecule has 0 unspecified atom stereocenters. The molecule has 7 nitrogen and oxygen atoms in total. The molecule has 1 amide bonds. The zero-order valence-corrected chi connectivity index (χ0v) is 17.9. The molecule has 0 saturated heterocycles. The molecule has 1 aliphatic heterocycles. The van der Waals surface area contributed by atoms with Crippen molar-refractivity contribution >= 4 is 27.3 Å². The predicted molar refractivity (Wildman–Crippen MR) is 112 cm³/mol. The van der Waals surface area contributed by atoms with Gasteiger partial charge in [-0.2, -0.15) is 0 Å². The molecule has 0 fully saturated rings. The van der Waals surface area contributed by atoms with E-state index in [1.165, 1.54) is 24.0 Å². The molecule has 156 valence electrons. The van der Waals surface area contributed by atoms with Gasteiger partial charge < -0.3 is 14.4 Å². The molecule has 3 rings (SSSR count). The molecular weight excluding hydrogens is 392 g/mol. The number of amides is 1. The van der Waals surface area contributed by atoms with Crippen molar-refractivity contribution < 1.29 is 22.7 Å². The van der Waals surface area contributed by atoms with E-state index in [2.05, 4.69) is 4.72 Å². The van der Waals surface area contributed by atoms with E-state index in [-0.39, 0.29) is 10.8 Å². The minimum absolute atomic E-state index is 0.0381. The number of hydrogen-bond donors (Lipinski definition) is 1. The lowest BCUT2D eigenvalue weighted by Gasteiger charge is -2.39. The Balaban J connectivity index is 1.95. The summed E-state index contributed by atoms with van der Waals surface area (Å²) in [5, 5.41) is 0.